The molecule has 6 rings (SSSR count). The van der Waals surface area contributed by atoms with Crippen LogP contribution in [0.25, 0.3) is 46.4 Å². The molecule has 0 saturated heterocycles. The molecule has 32 heavy (non-hydrogen) atoms. The van der Waals surface area contributed by atoms with Gasteiger partial charge in [0, 0.05) is 55.1 Å². The minimum absolute atomic E-state index is 0. The summed E-state index contributed by atoms with van der Waals surface area (Å²) >= 11 is 0. The Morgan fingerprint density at radius 1 is 0.656 bits per heavy atom. The Bertz CT molecular complexity index is 1300. The fraction of sp³-hybridized carbons (Fsp3) is 0.0769. The van der Waals surface area contributed by atoms with Gasteiger partial charge in [-0.25, -0.2) is 9.97 Å². The van der Waals surface area contributed by atoms with Crippen molar-refractivity contribution in [2.75, 3.05) is 13.6 Å². The van der Waals surface area contributed by atoms with Gasteiger partial charge in [-0.15, -0.1) is 0 Å². The molecule has 3 aliphatic rings. The number of aromatic nitrogens is 4. The smallest absolute Gasteiger partial charge is 0.0659 e. The first kappa shape index (κ1) is 21.7. The van der Waals surface area contributed by atoms with Crippen LogP contribution in [-0.4, -0.2) is 38.4 Å². The summed E-state index contributed by atoms with van der Waals surface area (Å²) in [6, 6.07) is 16.4. The molecule has 8 bridgehead atoms. The standard InChI is InChI=1S/C20H14N4.C6H9N.Zn/c1-2-14-10-16-5-6-18(23-16)12-20-8-7-19(24-20)11-17-4-3-15(22-17)9-13(1)21-14;1-7-5-3-2-4-6-7;/h1-12,21-22H;2-5H,6H2,1H3;. The number of fused-ring (bicyclic) bond motifs is 8. The molecule has 6 heteroatoms. The van der Waals surface area contributed by atoms with Crippen molar-refractivity contribution < 1.29 is 19.5 Å². The molecule has 154 valence electrons. The van der Waals surface area contributed by atoms with Crippen molar-refractivity contribution >= 4 is 46.4 Å². The summed E-state index contributed by atoms with van der Waals surface area (Å²) in [7, 11) is 2.06. The molecule has 0 atom stereocenters. The second kappa shape index (κ2) is 9.75. The molecule has 0 amide bonds. The zero-order valence-electron chi connectivity index (χ0n) is 18.0. The van der Waals surface area contributed by atoms with Gasteiger partial charge in [-0.2, -0.15) is 0 Å². The van der Waals surface area contributed by atoms with Crippen LogP contribution in [0, 0.1) is 0 Å². The summed E-state index contributed by atoms with van der Waals surface area (Å²) < 4.78 is 0. The molecule has 0 spiro atoms. The first-order chi connectivity index (χ1) is 15.2. The number of H-pyrrole nitrogens is 2. The largest absolute Gasteiger partial charge is 0.377 e. The maximum atomic E-state index is 4.62. The number of rotatable bonds is 0. The van der Waals surface area contributed by atoms with Crippen LogP contribution in [-0.2, 0) is 19.5 Å². The molecule has 0 aliphatic carbocycles. The second-order valence-corrected chi connectivity index (χ2v) is 7.61. The second-order valence-electron chi connectivity index (χ2n) is 7.61. The van der Waals surface area contributed by atoms with Crippen LogP contribution in [0.4, 0.5) is 0 Å². The quantitative estimate of drug-likeness (QED) is 0.287. The van der Waals surface area contributed by atoms with Gasteiger partial charge < -0.3 is 14.9 Å². The van der Waals surface area contributed by atoms with Crippen LogP contribution in [0.3, 0.4) is 0 Å². The maximum absolute atomic E-state index is 4.62. The average Bonchev–Trinajstić information content (AvgIpc) is 3.55. The normalized spacial score (nSPS) is 13.5. The molecule has 6 heterocycles. The third-order valence-corrected chi connectivity index (χ3v) is 5.02. The molecular weight excluding hydrogens is 448 g/mol. The molecular formula is C26H23N5Zn. The fourth-order valence-electron chi connectivity index (χ4n) is 3.51. The summed E-state index contributed by atoms with van der Waals surface area (Å²) in [6.45, 7) is 1.05. The van der Waals surface area contributed by atoms with Crippen LogP contribution in [0.15, 0.2) is 73.0 Å². The van der Waals surface area contributed by atoms with Crippen molar-refractivity contribution in [3.8, 4) is 0 Å². The van der Waals surface area contributed by atoms with Gasteiger partial charge in [-0.1, -0.05) is 12.2 Å². The van der Waals surface area contributed by atoms with Crippen LogP contribution in [0.1, 0.15) is 22.8 Å². The number of nitrogens with one attached hydrogen (secondary N) is 2. The van der Waals surface area contributed by atoms with E-state index >= 15 is 0 Å². The number of nitrogens with zero attached hydrogens (tertiary/aromatic N) is 3. The van der Waals surface area contributed by atoms with E-state index in [9.17, 15) is 0 Å². The monoisotopic (exact) mass is 469 g/mol. The predicted molar refractivity (Wildman–Crippen MR) is 130 cm³/mol. The summed E-state index contributed by atoms with van der Waals surface area (Å²) in [6.07, 6.45) is 16.3. The molecule has 0 unspecified atom stereocenters. The van der Waals surface area contributed by atoms with Crippen LogP contribution >= 0.6 is 0 Å². The van der Waals surface area contributed by atoms with Crippen LogP contribution in [0.2, 0.25) is 0 Å². The molecule has 0 saturated carbocycles. The molecule has 0 fully saturated rings. The number of allylic oxidation sites excluding steroid dienone is 2. The SMILES string of the molecule is C1=Cc2cc3ccc(cc4ccc(cc5nc(cc1n2)C=C5)[nH]4)[nH]3.CN1C=CC=CC1.[Zn]. The van der Waals surface area contributed by atoms with Crippen LogP contribution in [0.5, 0.6) is 0 Å². The third-order valence-electron chi connectivity index (χ3n) is 5.02. The minimum atomic E-state index is 0. The Kier molecular flexibility index (Phi) is 6.62. The number of hydrogen-bond donors (Lipinski definition) is 2. The Labute approximate surface area is 199 Å². The van der Waals surface area contributed by atoms with Crippen molar-refractivity contribution in [2.45, 2.75) is 0 Å². The Morgan fingerprint density at radius 3 is 1.53 bits per heavy atom. The summed E-state index contributed by atoms with van der Waals surface area (Å²) in [5.74, 6) is 0. The molecule has 0 radical (unpaired) electrons. The fourth-order valence-corrected chi connectivity index (χ4v) is 3.51. The first-order valence-corrected chi connectivity index (χ1v) is 10.3. The van der Waals surface area contributed by atoms with Crippen molar-refractivity contribution in [1.82, 2.24) is 24.8 Å². The maximum Gasteiger partial charge on any atom is 0.0659 e. The van der Waals surface area contributed by atoms with E-state index in [1.54, 1.807) is 0 Å². The van der Waals surface area contributed by atoms with Gasteiger partial charge in [0.15, 0.2) is 0 Å². The number of aromatic amines is 2. The van der Waals surface area contributed by atoms with Crippen molar-refractivity contribution in [2.24, 2.45) is 0 Å². The predicted octanol–water partition coefficient (Wildman–Crippen LogP) is 5.65. The van der Waals surface area contributed by atoms with E-state index < -0.39 is 0 Å². The van der Waals surface area contributed by atoms with E-state index in [-0.39, 0.29) is 19.5 Å². The van der Waals surface area contributed by atoms with Crippen LogP contribution < -0.4 is 0 Å². The molecule has 3 aromatic rings. The van der Waals surface area contributed by atoms with E-state index in [1.165, 1.54) is 0 Å². The summed E-state index contributed by atoms with van der Waals surface area (Å²) in [5, 5.41) is 0. The van der Waals surface area contributed by atoms with Gasteiger partial charge in [0.1, 0.15) is 0 Å². The van der Waals surface area contributed by atoms with E-state index in [4.69, 9.17) is 0 Å². The van der Waals surface area contributed by atoms with E-state index in [1.807, 2.05) is 48.6 Å². The zero-order valence-corrected chi connectivity index (χ0v) is 21.0. The molecule has 3 aliphatic heterocycles. The van der Waals surface area contributed by atoms with E-state index in [0.29, 0.717) is 0 Å². The van der Waals surface area contributed by atoms with Gasteiger partial charge in [-0.05, 0) is 85.1 Å². The molecule has 3 aromatic heterocycles. The van der Waals surface area contributed by atoms with Gasteiger partial charge in [-0.3, -0.25) is 0 Å². The molecule has 5 nitrogen and oxygen atoms in total. The van der Waals surface area contributed by atoms with Crippen molar-refractivity contribution in [3.63, 3.8) is 0 Å². The summed E-state index contributed by atoms with van der Waals surface area (Å²) in [5.41, 5.74) is 7.86. The average molecular weight is 471 g/mol. The van der Waals surface area contributed by atoms with Gasteiger partial charge in [0.05, 0.1) is 22.8 Å². The van der Waals surface area contributed by atoms with Gasteiger partial charge in [0.25, 0.3) is 0 Å². The zero-order chi connectivity index (χ0) is 21.0. The Morgan fingerprint density at radius 2 is 1.12 bits per heavy atom. The number of hydrogen-bond acceptors (Lipinski definition) is 3. The first-order valence-electron chi connectivity index (χ1n) is 10.3. The van der Waals surface area contributed by atoms with Crippen molar-refractivity contribution in [3.05, 3.63) is 95.7 Å². The number of likely N-dealkylation sites (N-methyl/N-ethyl adjacent to an activating group) is 1. The molecule has 0 aromatic carbocycles. The Balaban J connectivity index is 0.000000265. The van der Waals surface area contributed by atoms with Gasteiger partial charge >= 0.3 is 0 Å². The summed E-state index contributed by atoms with van der Waals surface area (Å²) in [4.78, 5) is 18.1. The Hall–Kier alpha value is -3.50. The van der Waals surface area contributed by atoms with E-state index in [0.717, 1.165) is 51.4 Å². The van der Waals surface area contributed by atoms with Crippen molar-refractivity contribution in [1.29, 1.82) is 0 Å². The van der Waals surface area contributed by atoms with E-state index in [2.05, 4.69) is 80.6 Å². The third kappa shape index (κ3) is 5.40. The van der Waals surface area contributed by atoms with Gasteiger partial charge in [0.2, 0.25) is 0 Å². The topological polar surface area (TPSA) is 60.6 Å². The molecule has 2 N–H and O–H groups in total. The minimum Gasteiger partial charge on any atom is -0.377 e.